The van der Waals surface area contributed by atoms with Gasteiger partial charge in [0.15, 0.2) is 0 Å². The van der Waals surface area contributed by atoms with Crippen LogP contribution in [0.25, 0.3) is 0 Å². The molecular weight excluding hydrogens is 516 g/mol. The average Bonchev–Trinajstić information content (AvgIpc) is 2.86. The summed E-state index contributed by atoms with van der Waals surface area (Å²) in [5.41, 5.74) is 5.22. The molecule has 2 N–H and O–H groups in total. The van der Waals surface area contributed by atoms with Gasteiger partial charge in [-0.05, 0) is 61.9 Å². The minimum absolute atomic E-state index is 0.00636. The average molecular weight is 543 g/mol. The molecule has 0 bridgehead atoms. The number of methoxy groups -OCH3 is 1. The Morgan fingerprint density at radius 2 is 1.65 bits per heavy atom. The van der Waals surface area contributed by atoms with Gasteiger partial charge in [0.05, 0.1) is 23.4 Å². The van der Waals surface area contributed by atoms with E-state index in [2.05, 4.69) is 15.8 Å². The highest BCUT2D eigenvalue weighted by atomic mass is 35.5. The molecule has 0 radical (unpaired) electrons. The normalized spacial score (nSPS) is 11.5. The number of sulfonamides is 1. The van der Waals surface area contributed by atoms with Crippen LogP contribution in [-0.2, 0) is 19.6 Å². The zero-order valence-electron chi connectivity index (χ0n) is 20.8. The van der Waals surface area contributed by atoms with Crippen molar-refractivity contribution in [2.45, 2.75) is 25.7 Å². The van der Waals surface area contributed by atoms with Crippen LogP contribution in [0.3, 0.4) is 0 Å². The lowest BCUT2D eigenvalue weighted by molar-refractivity contribution is -0.119. The van der Waals surface area contributed by atoms with Crippen LogP contribution in [0.2, 0.25) is 5.02 Å². The first-order valence-electron chi connectivity index (χ1n) is 11.2. The monoisotopic (exact) mass is 542 g/mol. The summed E-state index contributed by atoms with van der Waals surface area (Å²) in [5, 5.41) is 7.06. The van der Waals surface area contributed by atoms with Gasteiger partial charge >= 0.3 is 0 Å². The second kappa shape index (κ2) is 11.9. The van der Waals surface area contributed by atoms with E-state index in [0.29, 0.717) is 17.0 Å². The maximum atomic E-state index is 13.6. The Hall–Kier alpha value is -3.89. The van der Waals surface area contributed by atoms with E-state index in [0.717, 1.165) is 9.87 Å². The maximum absolute atomic E-state index is 13.6. The highest BCUT2D eigenvalue weighted by Crippen LogP contribution is 2.34. The summed E-state index contributed by atoms with van der Waals surface area (Å²) in [6.07, 6.45) is 0. The third-order valence-corrected chi connectivity index (χ3v) is 7.29. The number of nitrogens with zero attached hydrogens (tertiary/aromatic N) is 2. The Balaban J connectivity index is 1.89. The molecule has 11 heteroatoms. The Morgan fingerprint density at radius 3 is 2.24 bits per heavy atom. The smallest absolute Gasteiger partial charge is 0.264 e. The number of rotatable bonds is 9. The van der Waals surface area contributed by atoms with Gasteiger partial charge in [0.25, 0.3) is 15.9 Å². The molecule has 0 aliphatic heterocycles. The quantitative estimate of drug-likeness (QED) is 0.308. The lowest BCUT2D eigenvalue weighted by Gasteiger charge is -2.25. The van der Waals surface area contributed by atoms with Crippen molar-refractivity contribution in [3.63, 3.8) is 0 Å². The standard InChI is InChI=1S/C26H27ClN4O5S/c1-17-5-12-23(13-6-17)37(34,35)31(24-15-21(27)9-14-25(24)36-4)16-26(33)30-29-18(2)20-7-10-22(11-8-20)28-19(3)32/h5-15H,16H2,1-4H3,(H,28,32)(H,30,33)/b29-18-. The molecule has 0 aliphatic carbocycles. The van der Waals surface area contributed by atoms with Crippen LogP contribution in [0.15, 0.2) is 76.7 Å². The zero-order chi connectivity index (χ0) is 27.2. The molecular formula is C26H27ClN4O5S. The third kappa shape index (κ3) is 7.08. The van der Waals surface area contributed by atoms with Gasteiger partial charge in [-0.2, -0.15) is 5.10 Å². The fourth-order valence-electron chi connectivity index (χ4n) is 3.37. The fraction of sp³-hybridized carbons (Fsp3) is 0.192. The lowest BCUT2D eigenvalue weighted by Crippen LogP contribution is -2.40. The molecule has 3 rings (SSSR count). The van der Waals surface area contributed by atoms with Gasteiger partial charge < -0.3 is 10.1 Å². The van der Waals surface area contributed by atoms with Crippen molar-refractivity contribution < 1.29 is 22.7 Å². The Bertz CT molecular complexity index is 1420. The molecule has 0 heterocycles. The van der Waals surface area contributed by atoms with Gasteiger partial charge in [-0.25, -0.2) is 13.8 Å². The number of anilines is 2. The second-order valence-electron chi connectivity index (χ2n) is 8.13. The van der Waals surface area contributed by atoms with E-state index in [1.54, 1.807) is 49.4 Å². The van der Waals surface area contributed by atoms with Gasteiger partial charge in [-0.15, -0.1) is 0 Å². The van der Waals surface area contributed by atoms with E-state index < -0.39 is 22.5 Å². The molecule has 9 nitrogen and oxygen atoms in total. The largest absolute Gasteiger partial charge is 0.495 e. The van der Waals surface area contributed by atoms with Gasteiger partial charge in [-0.1, -0.05) is 41.4 Å². The van der Waals surface area contributed by atoms with E-state index in [-0.39, 0.29) is 27.3 Å². The summed E-state index contributed by atoms with van der Waals surface area (Å²) in [6.45, 7) is 4.37. The first-order chi connectivity index (χ1) is 17.5. The molecule has 0 saturated heterocycles. The van der Waals surface area contributed by atoms with E-state index in [1.807, 2.05) is 6.92 Å². The van der Waals surface area contributed by atoms with Crippen LogP contribution in [-0.4, -0.2) is 39.6 Å². The SMILES string of the molecule is COc1ccc(Cl)cc1N(CC(=O)N/N=C(/C)c1ccc(NC(C)=O)cc1)S(=O)(=O)c1ccc(C)cc1. The van der Waals surface area contributed by atoms with Crippen molar-refractivity contribution in [2.75, 3.05) is 23.3 Å². The number of benzene rings is 3. The molecule has 194 valence electrons. The minimum atomic E-state index is -4.17. The number of nitrogens with one attached hydrogen (secondary N) is 2. The van der Waals surface area contributed by atoms with Crippen LogP contribution in [0.5, 0.6) is 5.75 Å². The second-order valence-corrected chi connectivity index (χ2v) is 10.4. The number of aryl methyl sites for hydroxylation is 1. The molecule has 2 amide bonds. The van der Waals surface area contributed by atoms with Gasteiger partial charge in [-0.3, -0.25) is 13.9 Å². The van der Waals surface area contributed by atoms with Crippen molar-refractivity contribution >= 4 is 50.5 Å². The summed E-state index contributed by atoms with van der Waals surface area (Å²) >= 11 is 6.16. The number of ether oxygens (including phenoxy) is 1. The maximum Gasteiger partial charge on any atom is 0.264 e. The fourth-order valence-corrected chi connectivity index (χ4v) is 4.96. The summed E-state index contributed by atoms with van der Waals surface area (Å²) in [5.74, 6) is -0.634. The van der Waals surface area contributed by atoms with Crippen molar-refractivity contribution in [2.24, 2.45) is 5.10 Å². The topological polar surface area (TPSA) is 117 Å². The number of amides is 2. The first-order valence-corrected chi connectivity index (χ1v) is 13.0. The van der Waals surface area contributed by atoms with Crippen LogP contribution >= 0.6 is 11.6 Å². The van der Waals surface area contributed by atoms with E-state index in [1.165, 1.54) is 38.3 Å². The first kappa shape index (κ1) is 27.7. The Morgan fingerprint density at radius 1 is 1.00 bits per heavy atom. The molecule has 0 saturated carbocycles. The van der Waals surface area contributed by atoms with Gasteiger partial charge in [0, 0.05) is 17.6 Å². The van der Waals surface area contributed by atoms with Crippen molar-refractivity contribution in [3.05, 3.63) is 82.9 Å². The summed E-state index contributed by atoms with van der Waals surface area (Å²) in [7, 11) is -2.77. The van der Waals surface area contributed by atoms with Crippen molar-refractivity contribution in [3.8, 4) is 5.75 Å². The van der Waals surface area contributed by atoms with E-state index in [4.69, 9.17) is 16.3 Å². The summed E-state index contributed by atoms with van der Waals surface area (Å²) in [6, 6.07) is 17.7. The number of halogens is 1. The molecule has 0 spiro atoms. The zero-order valence-corrected chi connectivity index (χ0v) is 22.4. The van der Waals surface area contributed by atoms with E-state index in [9.17, 15) is 18.0 Å². The van der Waals surface area contributed by atoms with Crippen molar-refractivity contribution in [1.29, 1.82) is 0 Å². The molecule has 37 heavy (non-hydrogen) atoms. The lowest BCUT2D eigenvalue weighted by atomic mass is 10.1. The number of hydrogen-bond donors (Lipinski definition) is 2. The van der Waals surface area contributed by atoms with Crippen LogP contribution in [0, 0.1) is 6.92 Å². The van der Waals surface area contributed by atoms with Gasteiger partial charge in [0.2, 0.25) is 5.91 Å². The highest BCUT2D eigenvalue weighted by Gasteiger charge is 2.29. The number of hydrazone groups is 1. The molecule has 0 unspecified atom stereocenters. The van der Waals surface area contributed by atoms with E-state index >= 15 is 0 Å². The molecule has 0 aromatic heterocycles. The molecule has 0 aliphatic rings. The van der Waals surface area contributed by atoms with Crippen molar-refractivity contribution in [1.82, 2.24) is 5.43 Å². The summed E-state index contributed by atoms with van der Waals surface area (Å²) in [4.78, 5) is 24.1. The Labute approximate surface area is 221 Å². The molecule has 3 aromatic rings. The third-order valence-electron chi connectivity index (χ3n) is 5.28. The summed E-state index contributed by atoms with van der Waals surface area (Å²) < 4.78 is 33.5. The molecule has 0 fully saturated rings. The molecule has 3 aromatic carbocycles. The highest BCUT2D eigenvalue weighted by molar-refractivity contribution is 7.92. The van der Waals surface area contributed by atoms with Gasteiger partial charge in [0.1, 0.15) is 12.3 Å². The minimum Gasteiger partial charge on any atom is -0.495 e. The van der Waals surface area contributed by atoms with Crippen LogP contribution in [0.1, 0.15) is 25.0 Å². The Kier molecular flexibility index (Phi) is 8.90. The van der Waals surface area contributed by atoms with Crippen LogP contribution in [0.4, 0.5) is 11.4 Å². The number of hydrogen-bond acceptors (Lipinski definition) is 6. The predicted octanol–water partition coefficient (Wildman–Crippen LogP) is 4.35. The number of carbonyl (C=O) groups excluding carboxylic acids is 2. The number of carbonyl (C=O) groups is 2. The molecule has 0 atom stereocenters. The predicted molar refractivity (Wildman–Crippen MR) is 145 cm³/mol. The van der Waals surface area contributed by atoms with Crippen LogP contribution < -0.4 is 19.8 Å².